The molecular weight excluding hydrogens is 416 g/mol. The van der Waals surface area contributed by atoms with E-state index in [9.17, 15) is 15.0 Å². The van der Waals surface area contributed by atoms with E-state index in [0.29, 0.717) is 58.6 Å². The third-order valence-corrected chi connectivity index (χ3v) is 6.13. The summed E-state index contributed by atoms with van der Waals surface area (Å²) in [5, 5.41) is 22.0. The number of aliphatic hydroxyl groups is 2. The third-order valence-electron chi connectivity index (χ3n) is 6.13. The number of allylic oxidation sites excluding steroid dienone is 2. The number of methoxy groups -OCH3 is 2. The number of rotatable bonds is 9. The van der Waals surface area contributed by atoms with Gasteiger partial charge >= 0.3 is 0 Å². The van der Waals surface area contributed by atoms with Gasteiger partial charge in [-0.1, -0.05) is 63.1 Å². The van der Waals surface area contributed by atoms with Gasteiger partial charge in [-0.05, 0) is 42.5 Å². The molecule has 0 saturated carbocycles. The average molecular weight is 451 g/mol. The van der Waals surface area contributed by atoms with Gasteiger partial charge in [-0.3, -0.25) is 4.79 Å². The number of ketones is 1. The molecule has 1 atom stereocenters. The summed E-state index contributed by atoms with van der Waals surface area (Å²) in [6.45, 7) is 4.02. The minimum atomic E-state index is -1.91. The first-order valence-corrected chi connectivity index (χ1v) is 11.6. The minimum Gasteiger partial charge on any atom is -0.496 e. The number of ether oxygens (including phenoxy) is 2. The average Bonchev–Trinajstić information content (AvgIpc) is 2.84. The maximum absolute atomic E-state index is 14.2. The Morgan fingerprint density at radius 3 is 2.12 bits per heavy atom. The summed E-state index contributed by atoms with van der Waals surface area (Å²) < 4.78 is 11.4. The Morgan fingerprint density at radius 1 is 0.909 bits per heavy atom. The fourth-order valence-corrected chi connectivity index (χ4v) is 4.55. The van der Waals surface area contributed by atoms with Gasteiger partial charge in [-0.2, -0.15) is 0 Å². The van der Waals surface area contributed by atoms with Crippen LogP contribution >= 0.6 is 0 Å². The monoisotopic (exact) mass is 450 g/mol. The molecule has 0 saturated heterocycles. The summed E-state index contributed by atoms with van der Waals surface area (Å²) >= 11 is 0. The topological polar surface area (TPSA) is 76.0 Å². The van der Waals surface area contributed by atoms with E-state index in [-0.39, 0.29) is 12.4 Å². The number of aliphatic hydroxyl groups excluding tert-OH is 1. The van der Waals surface area contributed by atoms with Gasteiger partial charge in [0, 0.05) is 28.9 Å². The first-order chi connectivity index (χ1) is 16.0. The van der Waals surface area contributed by atoms with E-state index in [0.717, 1.165) is 18.4 Å². The Labute approximate surface area is 196 Å². The number of unbranched alkanes of at least 4 members (excludes halogenated alkanes) is 2. The highest BCUT2D eigenvalue weighted by Gasteiger charge is 2.51. The fourth-order valence-electron chi connectivity index (χ4n) is 4.55. The first-order valence-electron chi connectivity index (χ1n) is 11.6. The van der Waals surface area contributed by atoms with Crippen molar-refractivity contribution in [2.45, 2.75) is 51.6 Å². The molecule has 1 aliphatic rings. The first kappa shape index (κ1) is 24.7. The third kappa shape index (κ3) is 4.35. The molecule has 0 fully saturated rings. The Morgan fingerprint density at radius 2 is 1.52 bits per heavy atom. The normalized spacial score (nSPS) is 20.2. The zero-order valence-corrected chi connectivity index (χ0v) is 20.0. The van der Waals surface area contributed by atoms with Gasteiger partial charge in [-0.25, -0.2) is 0 Å². The summed E-state index contributed by atoms with van der Waals surface area (Å²) in [6, 6.07) is 10.9. The molecule has 33 heavy (non-hydrogen) atoms. The summed E-state index contributed by atoms with van der Waals surface area (Å²) in [4.78, 5) is 14.2. The van der Waals surface area contributed by atoms with Gasteiger partial charge in [0.05, 0.1) is 14.2 Å². The van der Waals surface area contributed by atoms with E-state index in [2.05, 4.69) is 6.92 Å². The predicted octanol–water partition coefficient (Wildman–Crippen LogP) is 5.08. The second-order valence-electron chi connectivity index (χ2n) is 8.20. The molecule has 0 spiro atoms. The number of hydrogen-bond donors (Lipinski definition) is 2. The lowest BCUT2D eigenvalue weighted by Gasteiger charge is -2.39. The van der Waals surface area contributed by atoms with Crippen molar-refractivity contribution in [1.82, 2.24) is 0 Å². The molecule has 2 aromatic carbocycles. The van der Waals surface area contributed by atoms with E-state index in [1.54, 1.807) is 26.4 Å². The van der Waals surface area contributed by atoms with Crippen LogP contribution in [0.1, 0.15) is 61.8 Å². The molecular formula is C28H34O5. The molecule has 2 N–H and O–H groups in total. The van der Waals surface area contributed by atoms with Crippen molar-refractivity contribution in [3.8, 4) is 11.5 Å². The van der Waals surface area contributed by atoms with Gasteiger partial charge < -0.3 is 19.7 Å². The van der Waals surface area contributed by atoms with Gasteiger partial charge in [0.1, 0.15) is 11.5 Å². The molecule has 3 rings (SSSR count). The smallest absolute Gasteiger partial charge is 0.204 e. The minimum absolute atomic E-state index is 0.0818. The Bertz CT molecular complexity index is 1070. The molecule has 176 valence electrons. The second kappa shape index (κ2) is 10.8. The molecule has 2 aromatic rings. The van der Waals surface area contributed by atoms with Crippen LogP contribution in [-0.4, -0.2) is 36.8 Å². The van der Waals surface area contributed by atoms with Crippen LogP contribution in [0.5, 0.6) is 11.5 Å². The van der Waals surface area contributed by atoms with Crippen LogP contribution in [0.3, 0.4) is 0 Å². The van der Waals surface area contributed by atoms with Crippen LogP contribution in [-0.2, 0) is 16.8 Å². The largest absolute Gasteiger partial charge is 0.496 e. The van der Waals surface area contributed by atoms with Crippen LogP contribution in [0, 0.1) is 0 Å². The summed E-state index contributed by atoms with van der Waals surface area (Å²) in [5.74, 6) is 0.749. The van der Waals surface area contributed by atoms with Crippen molar-refractivity contribution in [1.29, 1.82) is 0 Å². The Balaban J connectivity index is 2.47. The van der Waals surface area contributed by atoms with E-state index in [1.807, 2.05) is 43.3 Å². The highest BCUT2D eigenvalue weighted by Crippen LogP contribution is 2.53. The summed E-state index contributed by atoms with van der Waals surface area (Å²) in [5.41, 5.74) is 1.57. The molecule has 1 aliphatic carbocycles. The van der Waals surface area contributed by atoms with E-state index >= 15 is 0 Å². The van der Waals surface area contributed by atoms with Crippen LogP contribution in [0.25, 0.3) is 11.1 Å². The number of carbonyl (C=O) groups excluding carboxylic acids is 1. The van der Waals surface area contributed by atoms with Crippen LogP contribution in [0.15, 0.2) is 48.6 Å². The van der Waals surface area contributed by atoms with E-state index in [1.165, 1.54) is 0 Å². The van der Waals surface area contributed by atoms with Crippen LogP contribution in [0.2, 0.25) is 0 Å². The van der Waals surface area contributed by atoms with Crippen molar-refractivity contribution in [3.05, 3.63) is 70.8 Å². The number of fused-ring (bicyclic) bond motifs is 1. The molecule has 0 bridgehead atoms. The SMILES string of the molecule is CCC/C=C1/C(=O)[C@@](O)(c2ccccc2CCO)/C(=C/CCC)c2c(OC)ccc(OC)c21. The van der Waals surface area contributed by atoms with Crippen LogP contribution < -0.4 is 9.47 Å². The van der Waals surface area contributed by atoms with Crippen molar-refractivity contribution in [3.63, 3.8) is 0 Å². The lowest BCUT2D eigenvalue weighted by Crippen LogP contribution is -2.42. The zero-order chi connectivity index (χ0) is 24.0. The zero-order valence-electron chi connectivity index (χ0n) is 20.0. The maximum Gasteiger partial charge on any atom is 0.204 e. The number of hydrogen-bond acceptors (Lipinski definition) is 5. The highest BCUT2D eigenvalue weighted by atomic mass is 16.5. The Kier molecular flexibility index (Phi) is 8.11. The summed E-state index contributed by atoms with van der Waals surface area (Å²) in [7, 11) is 3.17. The lowest BCUT2D eigenvalue weighted by molar-refractivity contribution is -0.127. The van der Waals surface area contributed by atoms with Crippen LogP contribution in [0.4, 0.5) is 0 Å². The van der Waals surface area contributed by atoms with E-state index < -0.39 is 5.60 Å². The fraction of sp³-hybridized carbons (Fsp3) is 0.393. The molecule has 0 amide bonds. The molecule has 0 aromatic heterocycles. The van der Waals surface area contributed by atoms with Gasteiger partial charge in [0.15, 0.2) is 5.60 Å². The Hall–Kier alpha value is -2.89. The second-order valence-corrected chi connectivity index (χ2v) is 8.20. The quantitative estimate of drug-likeness (QED) is 0.521. The number of Topliss-reactive ketones (excluding diaryl/α,β-unsaturated/α-hetero) is 1. The van der Waals surface area contributed by atoms with E-state index in [4.69, 9.17) is 9.47 Å². The van der Waals surface area contributed by atoms with Crippen molar-refractivity contribution >= 4 is 16.9 Å². The standard InChI is InChI=1S/C28H34O5/c1-5-7-12-20-25-23(32-3)15-16-24(33-4)26(25)22(13-8-6-2)28(31,27(20)30)21-14-10-9-11-19(21)17-18-29/h9-16,29,31H,5-8,17-18H2,1-4H3/b20-12+,22-13+/t28-/m1/s1. The van der Waals surface area contributed by atoms with Gasteiger partial charge in [-0.15, -0.1) is 0 Å². The van der Waals surface area contributed by atoms with Crippen molar-refractivity contribution in [2.24, 2.45) is 0 Å². The molecule has 5 nitrogen and oxygen atoms in total. The molecule has 0 aliphatic heterocycles. The number of benzene rings is 2. The van der Waals surface area contributed by atoms with Crippen molar-refractivity contribution in [2.75, 3.05) is 20.8 Å². The summed E-state index contributed by atoms with van der Waals surface area (Å²) in [6.07, 6.45) is 7.24. The lowest BCUT2D eigenvalue weighted by atomic mass is 9.67. The molecule has 5 heteroatoms. The molecule has 0 heterocycles. The predicted molar refractivity (Wildman–Crippen MR) is 131 cm³/mol. The highest BCUT2D eigenvalue weighted by molar-refractivity contribution is 6.33. The van der Waals surface area contributed by atoms with Crippen molar-refractivity contribution < 1.29 is 24.5 Å². The molecule has 0 unspecified atom stereocenters. The van der Waals surface area contributed by atoms with Gasteiger partial charge in [0.25, 0.3) is 0 Å². The van der Waals surface area contributed by atoms with Gasteiger partial charge in [0.2, 0.25) is 5.78 Å². The molecule has 0 radical (unpaired) electrons. The maximum atomic E-state index is 14.2. The number of carbonyl (C=O) groups is 1.